The Morgan fingerprint density at radius 1 is 0.870 bits per heavy atom. The van der Waals surface area contributed by atoms with E-state index in [1.165, 1.54) is 5.69 Å². The predicted octanol–water partition coefficient (Wildman–Crippen LogP) is 4.16. The Bertz CT molecular complexity index is 607. The molecule has 0 heterocycles. The number of anilines is 2. The van der Waals surface area contributed by atoms with E-state index >= 15 is 0 Å². The van der Waals surface area contributed by atoms with Crippen molar-refractivity contribution < 1.29 is 9.47 Å². The number of methoxy groups -OCH3 is 2. The molecule has 0 aromatic heterocycles. The molecule has 1 N–H and O–H groups in total. The molecule has 23 heavy (non-hydrogen) atoms. The van der Waals surface area contributed by atoms with Gasteiger partial charge in [0.15, 0.2) is 11.5 Å². The van der Waals surface area contributed by atoms with Gasteiger partial charge in [-0.3, -0.25) is 0 Å². The topological polar surface area (TPSA) is 33.7 Å². The maximum Gasteiger partial charge on any atom is 0.161 e. The molecule has 2 aromatic rings. The molecular formula is C19H26N2O2. The Kier molecular flexibility index (Phi) is 6.15. The first-order valence-electron chi connectivity index (χ1n) is 8.01. The van der Waals surface area contributed by atoms with Crippen molar-refractivity contribution in [3.63, 3.8) is 0 Å². The summed E-state index contributed by atoms with van der Waals surface area (Å²) >= 11 is 0. The van der Waals surface area contributed by atoms with Crippen LogP contribution in [0.4, 0.5) is 11.4 Å². The highest BCUT2D eigenvalue weighted by Crippen LogP contribution is 2.28. The van der Waals surface area contributed by atoms with Crippen molar-refractivity contribution in [3.05, 3.63) is 48.0 Å². The average molecular weight is 314 g/mol. The largest absolute Gasteiger partial charge is 0.493 e. The van der Waals surface area contributed by atoms with E-state index < -0.39 is 0 Å². The molecule has 2 aromatic carbocycles. The van der Waals surface area contributed by atoms with Gasteiger partial charge in [-0.1, -0.05) is 6.07 Å². The summed E-state index contributed by atoms with van der Waals surface area (Å²) in [6.45, 7) is 7.13. The van der Waals surface area contributed by atoms with Gasteiger partial charge in [-0.2, -0.15) is 0 Å². The lowest BCUT2D eigenvalue weighted by molar-refractivity contribution is 0.354. The minimum absolute atomic E-state index is 0.741. The standard InChI is InChI=1S/C19H26N2O2/c1-5-21(6-2)17-10-8-16(9-11-17)20-14-15-7-12-18(22-3)19(13-15)23-4/h7-13,20H,5-6,14H2,1-4H3. The normalized spacial score (nSPS) is 10.3. The van der Waals surface area contributed by atoms with Crippen molar-refractivity contribution in [1.82, 2.24) is 0 Å². The minimum atomic E-state index is 0.741. The first-order valence-corrected chi connectivity index (χ1v) is 8.01. The number of hydrogen-bond acceptors (Lipinski definition) is 4. The number of ether oxygens (including phenoxy) is 2. The van der Waals surface area contributed by atoms with E-state index in [1.807, 2.05) is 18.2 Å². The van der Waals surface area contributed by atoms with Gasteiger partial charge in [0.2, 0.25) is 0 Å². The molecule has 0 aliphatic rings. The van der Waals surface area contributed by atoms with Crippen LogP contribution in [0.3, 0.4) is 0 Å². The van der Waals surface area contributed by atoms with Crippen LogP contribution in [0.15, 0.2) is 42.5 Å². The summed E-state index contributed by atoms with van der Waals surface area (Å²) in [5, 5.41) is 3.44. The molecule has 0 aliphatic heterocycles. The van der Waals surface area contributed by atoms with E-state index in [0.717, 1.165) is 42.4 Å². The molecule has 0 bridgehead atoms. The summed E-state index contributed by atoms with van der Waals surface area (Å²) in [5.74, 6) is 1.50. The third-order valence-electron chi connectivity index (χ3n) is 3.94. The number of hydrogen-bond donors (Lipinski definition) is 1. The van der Waals surface area contributed by atoms with Crippen LogP contribution in [-0.2, 0) is 6.54 Å². The predicted molar refractivity (Wildman–Crippen MR) is 96.9 cm³/mol. The van der Waals surface area contributed by atoms with E-state index in [4.69, 9.17) is 9.47 Å². The summed E-state index contributed by atoms with van der Waals surface area (Å²) in [7, 11) is 3.30. The minimum Gasteiger partial charge on any atom is -0.493 e. The highest BCUT2D eigenvalue weighted by atomic mass is 16.5. The van der Waals surface area contributed by atoms with Crippen molar-refractivity contribution in [2.24, 2.45) is 0 Å². The molecule has 0 spiro atoms. The molecule has 0 aliphatic carbocycles. The Hall–Kier alpha value is -2.36. The van der Waals surface area contributed by atoms with Gasteiger partial charge in [-0.05, 0) is 55.8 Å². The summed E-state index contributed by atoms with van der Waals surface area (Å²) < 4.78 is 10.6. The molecule has 0 fully saturated rings. The Morgan fingerprint density at radius 3 is 2.09 bits per heavy atom. The summed E-state index contributed by atoms with van der Waals surface area (Å²) in [4.78, 5) is 2.33. The fraction of sp³-hybridized carbons (Fsp3) is 0.368. The van der Waals surface area contributed by atoms with Crippen molar-refractivity contribution in [3.8, 4) is 11.5 Å². The molecule has 0 radical (unpaired) electrons. The molecule has 4 nitrogen and oxygen atoms in total. The van der Waals surface area contributed by atoms with Gasteiger partial charge < -0.3 is 19.7 Å². The molecule has 0 saturated heterocycles. The summed E-state index contributed by atoms with van der Waals surface area (Å²) in [6, 6.07) is 14.5. The van der Waals surface area contributed by atoms with Gasteiger partial charge in [0.25, 0.3) is 0 Å². The Labute approximate surface area is 139 Å². The second-order valence-corrected chi connectivity index (χ2v) is 5.26. The van der Waals surface area contributed by atoms with Gasteiger partial charge in [-0.15, -0.1) is 0 Å². The highest BCUT2D eigenvalue weighted by molar-refractivity contribution is 5.55. The van der Waals surface area contributed by atoms with Gasteiger partial charge in [0, 0.05) is 31.0 Å². The smallest absolute Gasteiger partial charge is 0.161 e. The molecule has 0 amide bonds. The van der Waals surface area contributed by atoms with Crippen LogP contribution in [0.5, 0.6) is 11.5 Å². The number of rotatable bonds is 8. The lowest BCUT2D eigenvalue weighted by atomic mass is 10.2. The van der Waals surface area contributed by atoms with Gasteiger partial charge in [-0.25, -0.2) is 0 Å². The van der Waals surface area contributed by atoms with Crippen LogP contribution >= 0.6 is 0 Å². The Morgan fingerprint density at radius 2 is 1.52 bits per heavy atom. The van der Waals surface area contributed by atoms with Gasteiger partial charge in [0.1, 0.15) is 0 Å². The summed E-state index contributed by atoms with van der Waals surface area (Å²) in [5.41, 5.74) is 3.51. The van der Waals surface area contributed by atoms with Crippen LogP contribution in [0, 0.1) is 0 Å². The van der Waals surface area contributed by atoms with Crippen LogP contribution in [0.1, 0.15) is 19.4 Å². The monoisotopic (exact) mass is 314 g/mol. The quantitative estimate of drug-likeness (QED) is 0.793. The maximum absolute atomic E-state index is 5.34. The molecular weight excluding hydrogens is 288 g/mol. The van der Waals surface area contributed by atoms with Crippen molar-refractivity contribution in [1.29, 1.82) is 0 Å². The number of benzene rings is 2. The van der Waals surface area contributed by atoms with Crippen LogP contribution in [-0.4, -0.2) is 27.3 Å². The molecule has 0 saturated carbocycles. The maximum atomic E-state index is 5.34. The summed E-state index contributed by atoms with van der Waals surface area (Å²) in [6.07, 6.45) is 0. The van der Waals surface area contributed by atoms with E-state index in [0.29, 0.717) is 0 Å². The first-order chi connectivity index (χ1) is 11.2. The second kappa shape index (κ2) is 8.32. The zero-order valence-corrected chi connectivity index (χ0v) is 14.4. The lowest BCUT2D eigenvalue weighted by Gasteiger charge is -2.21. The number of nitrogens with one attached hydrogen (secondary N) is 1. The van der Waals surface area contributed by atoms with E-state index in [9.17, 15) is 0 Å². The van der Waals surface area contributed by atoms with Crippen LogP contribution < -0.4 is 19.7 Å². The molecule has 4 heteroatoms. The average Bonchev–Trinajstić information content (AvgIpc) is 2.61. The molecule has 2 rings (SSSR count). The number of nitrogens with zero attached hydrogens (tertiary/aromatic N) is 1. The third kappa shape index (κ3) is 4.31. The van der Waals surface area contributed by atoms with E-state index in [2.05, 4.69) is 48.3 Å². The zero-order chi connectivity index (χ0) is 16.7. The lowest BCUT2D eigenvalue weighted by Crippen LogP contribution is -2.21. The third-order valence-corrected chi connectivity index (χ3v) is 3.94. The van der Waals surface area contributed by atoms with Crippen LogP contribution in [0.2, 0.25) is 0 Å². The Balaban J connectivity index is 2.00. The zero-order valence-electron chi connectivity index (χ0n) is 14.4. The SMILES string of the molecule is CCN(CC)c1ccc(NCc2ccc(OC)c(OC)c2)cc1. The van der Waals surface area contributed by atoms with Crippen LogP contribution in [0.25, 0.3) is 0 Å². The van der Waals surface area contributed by atoms with Crippen molar-refractivity contribution in [2.75, 3.05) is 37.5 Å². The van der Waals surface area contributed by atoms with Gasteiger partial charge in [0.05, 0.1) is 14.2 Å². The van der Waals surface area contributed by atoms with Gasteiger partial charge >= 0.3 is 0 Å². The fourth-order valence-electron chi connectivity index (χ4n) is 2.57. The van der Waals surface area contributed by atoms with Crippen molar-refractivity contribution >= 4 is 11.4 Å². The second-order valence-electron chi connectivity index (χ2n) is 5.26. The molecule has 0 unspecified atom stereocenters. The van der Waals surface area contributed by atoms with E-state index in [1.54, 1.807) is 14.2 Å². The molecule has 0 atom stereocenters. The first kappa shape index (κ1) is 17.0. The highest BCUT2D eigenvalue weighted by Gasteiger charge is 2.05. The van der Waals surface area contributed by atoms with Crippen molar-refractivity contribution in [2.45, 2.75) is 20.4 Å². The van der Waals surface area contributed by atoms with E-state index in [-0.39, 0.29) is 0 Å². The fourth-order valence-corrected chi connectivity index (χ4v) is 2.57. The molecule has 124 valence electrons.